The Kier molecular flexibility index (Phi) is 7.00. The molecule has 0 spiro atoms. The zero-order valence-electron chi connectivity index (χ0n) is 11.2. The van der Waals surface area contributed by atoms with Crippen molar-refractivity contribution < 1.29 is 35.0 Å². The van der Waals surface area contributed by atoms with E-state index >= 15 is 0 Å². The maximum atomic E-state index is 9.72. The predicted octanol–water partition coefficient (Wildman–Crippen LogP) is -2.93. The van der Waals surface area contributed by atoms with Crippen LogP contribution in [0, 0.1) is 0 Å². The lowest BCUT2D eigenvalue weighted by Gasteiger charge is -2.39. The minimum Gasteiger partial charge on any atom is -0.394 e. The van der Waals surface area contributed by atoms with Crippen molar-refractivity contribution in [1.82, 2.24) is 0 Å². The van der Waals surface area contributed by atoms with Crippen LogP contribution < -0.4 is 5.73 Å². The summed E-state index contributed by atoms with van der Waals surface area (Å²) in [5.41, 5.74) is 5.67. The minimum atomic E-state index is -1.50. The maximum absolute atomic E-state index is 9.72. The molecule has 7 atom stereocenters. The van der Waals surface area contributed by atoms with Gasteiger partial charge in [-0.15, -0.1) is 0 Å². The molecule has 1 fully saturated rings. The van der Waals surface area contributed by atoms with Gasteiger partial charge in [0.25, 0.3) is 0 Å². The Balaban J connectivity index is 2.54. The molecular weight excluding hydrogens is 270 g/mol. The standard InChI is InChI=1S/C12H23NO7/c1-2-3-7(15)6(13)5-19-12-11(18)10(17)9(16)8(4-14)20-12/h2-3,6-12,14-18H,4-5,13H2,1H3/b3-2+/t6-,7+,8?,9+,10-,11?,12+/m0/s1. The lowest BCUT2D eigenvalue weighted by Crippen LogP contribution is -2.59. The highest BCUT2D eigenvalue weighted by Crippen LogP contribution is 2.22. The Labute approximate surface area is 117 Å². The lowest BCUT2D eigenvalue weighted by atomic mass is 9.99. The molecule has 1 rings (SSSR count). The SMILES string of the molecule is C/C=C/[C@@H](O)[C@@H](N)CO[C@@H]1OC(CO)[C@@H](O)[C@H](O)C1O. The molecule has 0 saturated carbocycles. The highest BCUT2D eigenvalue weighted by atomic mass is 16.7. The summed E-state index contributed by atoms with van der Waals surface area (Å²) in [4.78, 5) is 0. The molecule has 1 aliphatic rings. The molecule has 0 aliphatic carbocycles. The smallest absolute Gasteiger partial charge is 0.186 e. The zero-order chi connectivity index (χ0) is 15.3. The van der Waals surface area contributed by atoms with Gasteiger partial charge in [0.2, 0.25) is 0 Å². The van der Waals surface area contributed by atoms with Gasteiger partial charge in [-0.05, 0) is 6.92 Å². The van der Waals surface area contributed by atoms with Crippen LogP contribution in [0.25, 0.3) is 0 Å². The van der Waals surface area contributed by atoms with Gasteiger partial charge in [0.15, 0.2) is 6.29 Å². The van der Waals surface area contributed by atoms with E-state index in [9.17, 15) is 20.4 Å². The molecule has 2 unspecified atom stereocenters. The van der Waals surface area contributed by atoms with Crippen molar-refractivity contribution >= 4 is 0 Å². The number of nitrogens with two attached hydrogens (primary N) is 1. The molecule has 0 radical (unpaired) electrons. The molecule has 0 aromatic heterocycles. The van der Waals surface area contributed by atoms with Crippen LogP contribution in [-0.2, 0) is 9.47 Å². The van der Waals surface area contributed by atoms with Crippen molar-refractivity contribution in [3.63, 3.8) is 0 Å². The van der Waals surface area contributed by atoms with E-state index in [1.165, 1.54) is 6.08 Å². The quantitative estimate of drug-likeness (QED) is 0.285. The molecule has 0 bridgehead atoms. The number of rotatable bonds is 6. The largest absolute Gasteiger partial charge is 0.394 e. The van der Waals surface area contributed by atoms with Gasteiger partial charge in [-0.2, -0.15) is 0 Å². The van der Waals surface area contributed by atoms with Crippen molar-refractivity contribution in [1.29, 1.82) is 0 Å². The summed E-state index contributed by atoms with van der Waals surface area (Å²) >= 11 is 0. The van der Waals surface area contributed by atoms with E-state index in [2.05, 4.69) is 0 Å². The molecule has 1 aliphatic heterocycles. The topological polar surface area (TPSA) is 146 Å². The molecule has 0 amide bonds. The van der Waals surface area contributed by atoms with Crippen LogP contribution >= 0.6 is 0 Å². The summed E-state index contributed by atoms with van der Waals surface area (Å²) < 4.78 is 10.3. The van der Waals surface area contributed by atoms with Crippen LogP contribution in [0.4, 0.5) is 0 Å². The summed E-state index contributed by atoms with van der Waals surface area (Å²) in [6.07, 6.45) is -4.47. The summed E-state index contributed by atoms with van der Waals surface area (Å²) in [6.45, 7) is 1.07. The van der Waals surface area contributed by atoms with Crippen LogP contribution in [0.1, 0.15) is 6.92 Å². The molecule has 8 nitrogen and oxygen atoms in total. The number of hydrogen-bond donors (Lipinski definition) is 6. The third-order valence-corrected chi connectivity index (χ3v) is 3.13. The van der Waals surface area contributed by atoms with Gasteiger partial charge in [-0.3, -0.25) is 0 Å². The van der Waals surface area contributed by atoms with Crippen molar-refractivity contribution in [2.24, 2.45) is 5.73 Å². The molecule has 118 valence electrons. The van der Waals surface area contributed by atoms with Gasteiger partial charge in [0, 0.05) is 0 Å². The van der Waals surface area contributed by atoms with E-state index in [0.717, 1.165) is 0 Å². The second-order valence-corrected chi connectivity index (χ2v) is 4.71. The number of hydrogen-bond acceptors (Lipinski definition) is 8. The monoisotopic (exact) mass is 293 g/mol. The summed E-state index contributed by atoms with van der Waals surface area (Å²) in [7, 11) is 0. The summed E-state index contributed by atoms with van der Waals surface area (Å²) in [5.74, 6) is 0. The van der Waals surface area contributed by atoms with E-state index < -0.39 is 49.5 Å². The van der Waals surface area contributed by atoms with E-state index in [0.29, 0.717) is 0 Å². The Hall–Kier alpha value is -0.580. The summed E-state index contributed by atoms with van der Waals surface area (Å²) in [5, 5.41) is 47.5. The molecule has 1 saturated heterocycles. The fourth-order valence-corrected chi connectivity index (χ4v) is 1.85. The fourth-order valence-electron chi connectivity index (χ4n) is 1.85. The first-order valence-corrected chi connectivity index (χ1v) is 6.41. The molecule has 20 heavy (non-hydrogen) atoms. The maximum Gasteiger partial charge on any atom is 0.186 e. The predicted molar refractivity (Wildman–Crippen MR) is 68.5 cm³/mol. The highest BCUT2D eigenvalue weighted by molar-refractivity contribution is 4.92. The number of allylic oxidation sites excluding steroid dienone is 1. The Morgan fingerprint density at radius 2 is 1.90 bits per heavy atom. The second kappa shape index (κ2) is 8.01. The third-order valence-electron chi connectivity index (χ3n) is 3.13. The molecular formula is C12H23NO7. The first-order valence-electron chi connectivity index (χ1n) is 6.41. The minimum absolute atomic E-state index is 0.131. The van der Waals surface area contributed by atoms with E-state index in [4.69, 9.17) is 20.3 Å². The highest BCUT2D eigenvalue weighted by Gasteiger charge is 2.44. The van der Waals surface area contributed by atoms with Crippen molar-refractivity contribution in [2.75, 3.05) is 13.2 Å². The average molecular weight is 293 g/mol. The normalized spacial score (nSPS) is 38.0. The van der Waals surface area contributed by atoms with Crippen molar-refractivity contribution in [2.45, 2.75) is 49.8 Å². The van der Waals surface area contributed by atoms with Crippen LogP contribution in [0.2, 0.25) is 0 Å². The number of aliphatic hydroxyl groups excluding tert-OH is 5. The molecule has 7 N–H and O–H groups in total. The Morgan fingerprint density at radius 1 is 1.25 bits per heavy atom. The first kappa shape index (κ1) is 17.5. The lowest BCUT2D eigenvalue weighted by molar-refractivity contribution is -0.302. The van der Waals surface area contributed by atoms with Gasteiger partial charge in [0.1, 0.15) is 24.4 Å². The van der Waals surface area contributed by atoms with Crippen LogP contribution in [0.3, 0.4) is 0 Å². The Bertz CT molecular complexity index is 312. The number of ether oxygens (including phenoxy) is 2. The molecule has 0 aromatic carbocycles. The summed E-state index contributed by atoms with van der Waals surface area (Å²) in [6, 6.07) is -0.737. The average Bonchev–Trinajstić information content (AvgIpc) is 2.44. The van der Waals surface area contributed by atoms with Crippen LogP contribution in [0.5, 0.6) is 0 Å². The van der Waals surface area contributed by atoms with E-state index in [1.54, 1.807) is 13.0 Å². The van der Waals surface area contributed by atoms with Gasteiger partial charge < -0.3 is 40.7 Å². The third kappa shape index (κ3) is 4.21. The van der Waals surface area contributed by atoms with Crippen LogP contribution in [0.15, 0.2) is 12.2 Å². The van der Waals surface area contributed by atoms with E-state index in [1.807, 2.05) is 0 Å². The van der Waals surface area contributed by atoms with Crippen molar-refractivity contribution in [3.8, 4) is 0 Å². The van der Waals surface area contributed by atoms with E-state index in [-0.39, 0.29) is 6.61 Å². The second-order valence-electron chi connectivity index (χ2n) is 4.71. The molecule has 0 aromatic rings. The van der Waals surface area contributed by atoms with Crippen LogP contribution in [-0.4, -0.2) is 81.6 Å². The molecule has 1 heterocycles. The Morgan fingerprint density at radius 3 is 2.45 bits per heavy atom. The van der Waals surface area contributed by atoms with Gasteiger partial charge in [-0.1, -0.05) is 12.2 Å². The van der Waals surface area contributed by atoms with Crippen molar-refractivity contribution in [3.05, 3.63) is 12.2 Å². The fraction of sp³-hybridized carbons (Fsp3) is 0.833. The zero-order valence-corrected chi connectivity index (χ0v) is 11.2. The van der Waals surface area contributed by atoms with Gasteiger partial charge >= 0.3 is 0 Å². The number of aliphatic hydroxyl groups is 5. The van der Waals surface area contributed by atoms with Gasteiger partial charge in [-0.25, -0.2) is 0 Å². The molecule has 8 heteroatoms. The first-order chi connectivity index (χ1) is 9.42. The van der Waals surface area contributed by atoms with Gasteiger partial charge in [0.05, 0.1) is 25.4 Å².